The Morgan fingerprint density at radius 2 is 2.10 bits per heavy atom. The van der Waals surface area contributed by atoms with E-state index in [4.69, 9.17) is 9.47 Å². The summed E-state index contributed by atoms with van der Waals surface area (Å²) in [6, 6.07) is 5.95. The smallest absolute Gasteiger partial charge is 0.261 e. The maximum absolute atomic E-state index is 12.0. The van der Waals surface area contributed by atoms with Crippen LogP contribution in [0.15, 0.2) is 22.7 Å². The molecule has 1 unspecified atom stereocenters. The van der Waals surface area contributed by atoms with Gasteiger partial charge in [-0.1, -0.05) is 15.9 Å². The van der Waals surface area contributed by atoms with Crippen LogP contribution in [0.2, 0.25) is 0 Å². The molecule has 6 heteroatoms. The SMILES string of the molecule is CNC(CCOCC(F)F)Cc1cc(OC)ccc1Br. The number of nitrogens with one attached hydrogen (secondary N) is 1. The van der Waals surface area contributed by atoms with Gasteiger partial charge in [-0.25, -0.2) is 8.78 Å². The molecule has 0 fully saturated rings. The highest BCUT2D eigenvalue weighted by Crippen LogP contribution is 2.24. The van der Waals surface area contributed by atoms with Gasteiger partial charge >= 0.3 is 0 Å². The van der Waals surface area contributed by atoms with Crippen LogP contribution in [0.1, 0.15) is 12.0 Å². The molecule has 0 spiro atoms. The van der Waals surface area contributed by atoms with Crippen molar-refractivity contribution >= 4 is 15.9 Å². The summed E-state index contributed by atoms with van der Waals surface area (Å²) in [6.45, 7) is -0.184. The summed E-state index contributed by atoms with van der Waals surface area (Å²) in [5.41, 5.74) is 1.11. The minimum Gasteiger partial charge on any atom is -0.497 e. The first-order valence-corrected chi connectivity index (χ1v) is 7.21. The first kappa shape index (κ1) is 17.3. The number of benzene rings is 1. The Bertz CT molecular complexity index is 405. The molecule has 114 valence electrons. The molecule has 1 aromatic rings. The predicted molar refractivity (Wildman–Crippen MR) is 78.7 cm³/mol. The third kappa shape index (κ3) is 6.15. The average molecular weight is 352 g/mol. The van der Waals surface area contributed by atoms with Crippen molar-refractivity contribution in [2.75, 3.05) is 27.4 Å². The fourth-order valence-corrected chi connectivity index (χ4v) is 2.25. The van der Waals surface area contributed by atoms with Gasteiger partial charge in [-0.15, -0.1) is 0 Å². The van der Waals surface area contributed by atoms with E-state index in [1.807, 2.05) is 25.2 Å². The molecule has 0 bridgehead atoms. The highest BCUT2D eigenvalue weighted by Gasteiger charge is 2.11. The van der Waals surface area contributed by atoms with Gasteiger partial charge in [0.15, 0.2) is 0 Å². The first-order valence-electron chi connectivity index (χ1n) is 6.42. The molecule has 0 saturated carbocycles. The topological polar surface area (TPSA) is 30.5 Å². The summed E-state index contributed by atoms with van der Waals surface area (Å²) in [4.78, 5) is 0. The molecule has 0 saturated heterocycles. The van der Waals surface area contributed by atoms with Crippen molar-refractivity contribution in [3.05, 3.63) is 28.2 Å². The van der Waals surface area contributed by atoms with Crippen molar-refractivity contribution in [3.63, 3.8) is 0 Å². The van der Waals surface area contributed by atoms with Crippen LogP contribution in [-0.2, 0) is 11.2 Å². The maximum Gasteiger partial charge on any atom is 0.261 e. The summed E-state index contributed by atoms with van der Waals surface area (Å²) >= 11 is 3.50. The van der Waals surface area contributed by atoms with Gasteiger partial charge in [0.25, 0.3) is 6.43 Å². The molecule has 0 aliphatic rings. The van der Waals surface area contributed by atoms with E-state index in [2.05, 4.69) is 21.2 Å². The molecular formula is C14H20BrF2NO2. The summed E-state index contributed by atoms with van der Waals surface area (Å²) < 4.78 is 35.0. The Hall–Kier alpha value is -0.720. The third-order valence-electron chi connectivity index (χ3n) is 2.98. The number of halogens is 3. The number of hydrogen-bond acceptors (Lipinski definition) is 3. The quantitative estimate of drug-likeness (QED) is 0.692. The van der Waals surface area contributed by atoms with Gasteiger partial charge in [0.05, 0.1) is 7.11 Å². The molecule has 1 aromatic carbocycles. The molecule has 1 atom stereocenters. The Kier molecular flexibility index (Phi) is 8.02. The molecule has 20 heavy (non-hydrogen) atoms. The second-order valence-electron chi connectivity index (χ2n) is 4.40. The van der Waals surface area contributed by atoms with Crippen molar-refractivity contribution in [2.45, 2.75) is 25.3 Å². The monoisotopic (exact) mass is 351 g/mol. The number of ether oxygens (including phenoxy) is 2. The minimum atomic E-state index is -2.41. The van der Waals surface area contributed by atoms with Gasteiger partial charge in [-0.2, -0.15) is 0 Å². The Balaban J connectivity index is 2.50. The van der Waals surface area contributed by atoms with Crippen molar-refractivity contribution in [1.29, 1.82) is 0 Å². The van der Waals surface area contributed by atoms with Crippen LogP contribution in [0.4, 0.5) is 8.78 Å². The average Bonchev–Trinajstić information content (AvgIpc) is 2.43. The highest BCUT2D eigenvalue weighted by atomic mass is 79.9. The largest absolute Gasteiger partial charge is 0.497 e. The maximum atomic E-state index is 12.0. The highest BCUT2D eigenvalue weighted by molar-refractivity contribution is 9.10. The molecule has 0 aromatic heterocycles. The fraction of sp³-hybridized carbons (Fsp3) is 0.571. The van der Waals surface area contributed by atoms with Crippen LogP contribution in [0, 0.1) is 0 Å². The third-order valence-corrected chi connectivity index (χ3v) is 3.76. The molecule has 0 aliphatic heterocycles. The lowest BCUT2D eigenvalue weighted by Crippen LogP contribution is -2.29. The molecule has 0 amide bonds. The van der Waals surface area contributed by atoms with Crippen molar-refractivity contribution in [2.24, 2.45) is 0 Å². The lowest BCUT2D eigenvalue weighted by atomic mass is 10.0. The van der Waals surface area contributed by atoms with E-state index < -0.39 is 13.0 Å². The van der Waals surface area contributed by atoms with Gasteiger partial charge in [-0.3, -0.25) is 0 Å². The lowest BCUT2D eigenvalue weighted by molar-refractivity contribution is 0.0146. The zero-order valence-electron chi connectivity index (χ0n) is 11.7. The van der Waals surface area contributed by atoms with E-state index in [-0.39, 0.29) is 6.04 Å². The molecule has 1 rings (SSSR count). The van der Waals surface area contributed by atoms with E-state index in [0.717, 1.165) is 22.2 Å². The molecule has 0 heterocycles. The number of alkyl halides is 2. The van der Waals surface area contributed by atoms with Crippen LogP contribution in [0.5, 0.6) is 5.75 Å². The van der Waals surface area contributed by atoms with Crippen molar-refractivity contribution < 1.29 is 18.3 Å². The van der Waals surface area contributed by atoms with E-state index >= 15 is 0 Å². The normalized spacial score (nSPS) is 12.7. The van der Waals surface area contributed by atoms with E-state index in [0.29, 0.717) is 13.0 Å². The predicted octanol–water partition coefficient (Wildman–Crippen LogP) is 3.26. The van der Waals surface area contributed by atoms with Gasteiger partial charge in [0.2, 0.25) is 0 Å². The minimum absolute atomic E-state index is 0.163. The number of hydrogen-bond donors (Lipinski definition) is 1. The number of likely N-dealkylation sites (N-methyl/N-ethyl adjacent to an activating group) is 1. The zero-order valence-corrected chi connectivity index (χ0v) is 13.3. The standard InChI is InChI=1S/C14H20BrF2NO2/c1-18-11(5-6-20-9-14(16)17)7-10-8-12(19-2)3-4-13(10)15/h3-4,8,11,14,18H,5-7,9H2,1-2H3. The molecule has 3 nitrogen and oxygen atoms in total. The fourth-order valence-electron chi connectivity index (χ4n) is 1.85. The van der Waals surface area contributed by atoms with Crippen LogP contribution < -0.4 is 10.1 Å². The summed E-state index contributed by atoms with van der Waals surface area (Å²) in [5.74, 6) is 0.798. The first-order chi connectivity index (χ1) is 9.56. The number of rotatable bonds is 9. The van der Waals surface area contributed by atoms with Crippen LogP contribution >= 0.6 is 15.9 Å². The van der Waals surface area contributed by atoms with Crippen LogP contribution in [0.3, 0.4) is 0 Å². The van der Waals surface area contributed by atoms with Crippen molar-refractivity contribution in [3.8, 4) is 5.75 Å². The zero-order chi connectivity index (χ0) is 15.0. The van der Waals surface area contributed by atoms with Crippen LogP contribution in [0.25, 0.3) is 0 Å². The lowest BCUT2D eigenvalue weighted by Gasteiger charge is -2.17. The second-order valence-corrected chi connectivity index (χ2v) is 5.26. The molecular weight excluding hydrogens is 332 g/mol. The molecule has 0 aliphatic carbocycles. The van der Waals surface area contributed by atoms with E-state index in [1.165, 1.54) is 0 Å². The van der Waals surface area contributed by atoms with Crippen LogP contribution in [-0.4, -0.2) is 39.8 Å². The van der Waals surface area contributed by atoms with Crippen molar-refractivity contribution in [1.82, 2.24) is 5.32 Å². The van der Waals surface area contributed by atoms with E-state index in [1.54, 1.807) is 7.11 Å². The van der Waals surface area contributed by atoms with Gasteiger partial charge in [0, 0.05) is 17.1 Å². The Morgan fingerprint density at radius 3 is 2.70 bits per heavy atom. The number of methoxy groups -OCH3 is 1. The molecule has 1 N–H and O–H groups in total. The Labute approximate surface area is 126 Å². The summed E-state index contributed by atoms with van der Waals surface area (Å²) in [6.07, 6.45) is -0.963. The van der Waals surface area contributed by atoms with Gasteiger partial charge in [-0.05, 0) is 43.7 Å². The van der Waals surface area contributed by atoms with Gasteiger partial charge in [0.1, 0.15) is 12.4 Å². The Morgan fingerprint density at radius 1 is 1.35 bits per heavy atom. The van der Waals surface area contributed by atoms with E-state index in [9.17, 15) is 8.78 Å². The summed E-state index contributed by atoms with van der Waals surface area (Å²) in [7, 11) is 3.48. The molecule has 0 radical (unpaired) electrons. The second kappa shape index (κ2) is 9.26. The van der Waals surface area contributed by atoms with Gasteiger partial charge < -0.3 is 14.8 Å². The summed E-state index contributed by atoms with van der Waals surface area (Å²) in [5, 5.41) is 3.17.